The van der Waals surface area contributed by atoms with Gasteiger partial charge in [-0.25, -0.2) is 9.59 Å². The molecule has 0 radical (unpaired) electrons. The van der Waals surface area contributed by atoms with Crippen molar-refractivity contribution >= 4 is 94.2 Å². The fourth-order valence-electron chi connectivity index (χ4n) is 7.78. The third-order valence-electron chi connectivity index (χ3n) is 11.7. The standard InChI is InChI=1S/C48H54N10O24/c49-18-24(51-46(77)33-19-50-8-1-9-81-33)10-21-2-4-22(5-3-21)23-6-7-32-31(11-23)58(48(80)82-32)20-34(59)52-25(12-35(60)61)41(72)53-26(13-36(62)63)42(73)54-27(14-37(64)65)43(74)55-28(15-38(66)67)44(75)56-29(16-39(68)69)45(76)57-30(47(78)79)17-40(70)71/h2-7,11,24-30,33,50H,1,8-10,12-17,19-20H2,(H,51,77)(H,52,59)(H,53,72)(H,54,73)(H,55,74)(H,56,75)(H,57,76)(H,60,61)(H,62,63)(H,64,65)(H,66,67)(H,68,69)(H,70,71)(H,78,79)/t24-,25-,26-,27-,28-,29-,30-,33-/m0/s1. The van der Waals surface area contributed by atoms with Crippen LogP contribution in [0.1, 0.15) is 50.5 Å². The zero-order chi connectivity index (χ0) is 61.0. The van der Waals surface area contributed by atoms with Crippen LogP contribution in [-0.2, 0) is 84.8 Å². The third-order valence-corrected chi connectivity index (χ3v) is 11.7. The topological polar surface area (TPSA) is 545 Å². The number of nitrogens with zero attached hydrogens (tertiary/aromatic N) is 2. The lowest BCUT2D eigenvalue weighted by atomic mass is 10.0. The van der Waals surface area contributed by atoms with Gasteiger partial charge in [0.1, 0.15) is 54.9 Å². The van der Waals surface area contributed by atoms with Gasteiger partial charge in [-0.15, -0.1) is 0 Å². The van der Waals surface area contributed by atoms with Gasteiger partial charge in [0.25, 0.3) is 5.91 Å². The van der Waals surface area contributed by atoms with Gasteiger partial charge >= 0.3 is 47.5 Å². The summed E-state index contributed by atoms with van der Waals surface area (Å²) >= 11 is 0. The molecule has 1 aromatic heterocycles. The molecule has 15 N–H and O–H groups in total. The maximum atomic E-state index is 13.6. The van der Waals surface area contributed by atoms with Crippen LogP contribution < -0.4 is 48.3 Å². The summed E-state index contributed by atoms with van der Waals surface area (Å²) in [6.45, 7) is 0.413. The van der Waals surface area contributed by atoms with Crippen LogP contribution in [0.5, 0.6) is 0 Å². The minimum absolute atomic E-state index is 0.0195. The lowest BCUT2D eigenvalue weighted by Gasteiger charge is -2.26. The molecule has 7 amide bonds. The van der Waals surface area contributed by atoms with Crippen molar-refractivity contribution < 1.29 is 112 Å². The van der Waals surface area contributed by atoms with E-state index in [0.717, 1.165) is 11.0 Å². The van der Waals surface area contributed by atoms with E-state index in [1.807, 2.05) is 5.32 Å². The Labute approximate surface area is 459 Å². The number of hydrogen-bond acceptors (Lipinski definition) is 19. The van der Waals surface area contributed by atoms with Crippen molar-refractivity contribution in [1.29, 1.82) is 5.26 Å². The second-order valence-corrected chi connectivity index (χ2v) is 18.0. The Kier molecular flexibility index (Phi) is 23.6. The van der Waals surface area contributed by atoms with Gasteiger partial charge < -0.3 is 87.4 Å². The Bertz CT molecular complexity index is 3070. The molecule has 0 saturated carbocycles. The summed E-state index contributed by atoms with van der Waals surface area (Å²) in [7, 11) is 0. The van der Waals surface area contributed by atoms with Crippen LogP contribution in [0.2, 0.25) is 0 Å². The first-order valence-electron chi connectivity index (χ1n) is 24.2. The summed E-state index contributed by atoms with van der Waals surface area (Å²) in [5.74, 6) is -23.8. The number of nitriles is 1. The van der Waals surface area contributed by atoms with Crippen molar-refractivity contribution in [2.75, 3.05) is 19.7 Å². The normalized spacial score (nSPS) is 15.5. The maximum Gasteiger partial charge on any atom is 0.420 e. The number of carbonyl (C=O) groups is 14. The number of aliphatic carboxylic acids is 7. The van der Waals surface area contributed by atoms with E-state index in [4.69, 9.17) is 14.3 Å². The van der Waals surface area contributed by atoms with E-state index in [0.29, 0.717) is 29.8 Å². The van der Waals surface area contributed by atoms with Gasteiger partial charge in [0, 0.05) is 19.6 Å². The van der Waals surface area contributed by atoms with Crippen molar-refractivity contribution in [3.05, 3.63) is 58.6 Å². The number of hydrogen-bond donors (Lipinski definition) is 15. The van der Waals surface area contributed by atoms with Crippen LogP contribution in [0.3, 0.4) is 0 Å². The molecular formula is C48H54N10O24. The average Bonchev–Trinajstić information content (AvgIpc) is 3.80. The van der Waals surface area contributed by atoms with Gasteiger partial charge in [-0.1, -0.05) is 30.3 Å². The Morgan fingerprint density at radius 1 is 0.573 bits per heavy atom. The zero-order valence-electron chi connectivity index (χ0n) is 42.6. The molecule has 8 atom stereocenters. The fourth-order valence-corrected chi connectivity index (χ4v) is 7.78. The number of nitrogens with one attached hydrogen (secondary N) is 8. The van der Waals surface area contributed by atoms with Crippen LogP contribution in [0.25, 0.3) is 22.2 Å². The van der Waals surface area contributed by atoms with Crippen molar-refractivity contribution in [3.63, 3.8) is 0 Å². The number of carbonyl (C=O) groups excluding carboxylic acids is 7. The zero-order valence-corrected chi connectivity index (χ0v) is 42.6. The second-order valence-electron chi connectivity index (χ2n) is 18.0. The molecule has 4 rings (SSSR count). The summed E-state index contributed by atoms with van der Waals surface area (Å²) in [6.07, 6.45) is -7.95. The molecule has 2 heterocycles. The van der Waals surface area contributed by atoms with Crippen LogP contribution in [0.4, 0.5) is 0 Å². The minimum Gasteiger partial charge on any atom is -0.481 e. The average molecular weight is 1160 g/mol. The van der Waals surface area contributed by atoms with E-state index in [1.54, 1.807) is 51.6 Å². The Morgan fingerprint density at radius 3 is 1.41 bits per heavy atom. The van der Waals surface area contributed by atoms with Crippen LogP contribution in [0.15, 0.2) is 51.7 Å². The van der Waals surface area contributed by atoms with Gasteiger partial charge in [-0.05, 0) is 41.8 Å². The van der Waals surface area contributed by atoms with Crippen molar-refractivity contribution in [2.45, 2.75) is 106 Å². The van der Waals surface area contributed by atoms with Gasteiger partial charge in [-0.2, -0.15) is 5.26 Å². The highest BCUT2D eigenvalue weighted by Crippen LogP contribution is 2.25. The SMILES string of the molecule is N#C[C@H](Cc1ccc(-c2ccc3oc(=O)n(CC(=O)N[C@@H](CC(=O)O)C(=O)N[C@@H](CC(=O)O)C(=O)N[C@@H](CC(=O)O)C(=O)N[C@@H](CC(=O)O)C(=O)N[C@@H](CC(=O)O)C(=O)N[C@@H](CC(=O)O)C(=O)O)c3c2)cc1)NC(=O)[C@@H]1CNCCCO1. The van der Waals surface area contributed by atoms with Crippen LogP contribution in [-0.4, -0.2) is 192 Å². The molecule has 1 aliphatic rings. The van der Waals surface area contributed by atoms with Gasteiger partial charge in [0.2, 0.25) is 35.4 Å². The highest BCUT2D eigenvalue weighted by Gasteiger charge is 2.37. The van der Waals surface area contributed by atoms with E-state index in [2.05, 4.69) is 22.0 Å². The van der Waals surface area contributed by atoms with Gasteiger partial charge in [-0.3, -0.25) is 66.9 Å². The summed E-state index contributed by atoms with van der Waals surface area (Å²) < 4.78 is 11.6. The third kappa shape index (κ3) is 20.2. The molecule has 34 heteroatoms. The predicted octanol–water partition coefficient (Wildman–Crippen LogP) is -4.97. The first kappa shape index (κ1) is 64.2. The molecule has 0 bridgehead atoms. The van der Waals surface area contributed by atoms with E-state index in [9.17, 15) is 108 Å². The Balaban J connectivity index is 1.49. The fraction of sp³-hybridized carbons (Fsp3) is 0.417. The minimum atomic E-state index is -2.39. The molecule has 82 heavy (non-hydrogen) atoms. The van der Waals surface area contributed by atoms with Crippen molar-refractivity contribution in [2.24, 2.45) is 0 Å². The lowest BCUT2D eigenvalue weighted by molar-refractivity contribution is -0.148. The molecule has 1 fully saturated rings. The molecule has 0 unspecified atom stereocenters. The monoisotopic (exact) mass is 1150 g/mol. The number of amides is 7. The number of rotatable bonds is 31. The summed E-state index contributed by atoms with van der Waals surface area (Å²) in [5.41, 5.74) is 1.74. The molecule has 2 aromatic carbocycles. The highest BCUT2D eigenvalue weighted by atomic mass is 16.5. The van der Waals surface area contributed by atoms with Crippen LogP contribution >= 0.6 is 0 Å². The quantitative estimate of drug-likeness (QED) is 0.0287. The molecular weight excluding hydrogens is 1100 g/mol. The van der Waals surface area contributed by atoms with Crippen molar-refractivity contribution in [1.82, 2.24) is 47.1 Å². The highest BCUT2D eigenvalue weighted by molar-refractivity contribution is 6.00. The first-order valence-corrected chi connectivity index (χ1v) is 24.2. The predicted molar refractivity (Wildman–Crippen MR) is 267 cm³/mol. The number of oxazole rings is 1. The van der Waals surface area contributed by atoms with Gasteiger partial charge in [0.05, 0.1) is 50.1 Å². The largest absolute Gasteiger partial charge is 0.481 e. The van der Waals surface area contributed by atoms with Gasteiger partial charge in [0.15, 0.2) is 5.58 Å². The molecule has 3 aromatic rings. The summed E-state index contributed by atoms with van der Waals surface area (Å²) in [4.78, 5) is 188. The lowest BCUT2D eigenvalue weighted by Crippen LogP contribution is -2.60. The van der Waals surface area contributed by atoms with E-state index >= 15 is 0 Å². The molecule has 0 spiro atoms. The van der Waals surface area contributed by atoms with Crippen molar-refractivity contribution in [3.8, 4) is 17.2 Å². The van der Waals surface area contributed by atoms with E-state index < -0.39 is 182 Å². The van der Waals surface area contributed by atoms with E-state index in [1.165, 1.54) is 12.1 Å². The molecule has 0 aliphatic carbocycles. The smallest absolute Gasteiger partial charge is 0.420 e. The first-order chi connectivity index (χ1) is 38.6. The number of ether oxygens (including phenoxy) is 1. The number of fused-ring (bicyclic) bond motifs is 1. The molecule has 1 saturated heterocycles. The maximum absolute atomic E-state index is 13.6. The summed E-state index contributed by atoms with van der Waals surface area (Å²) in [6, 6.07) is -1.35. The number of benzene rings is 2. The Morgan fingerprint density at radius 2 is 0.988 bits per heavy atom. The number of carboxylic acid groups (broad SMARTS) is 7. The second kappa shape index (κ2) is 30.2. The number of aromatic nitrogens is 1. The van der Waals surface area contributed by atoms with E-state index in [-0.39, 0.29) is 24.1 Å². The number of carboxylic acids is 7. The Hall–Kier alpha value is -10.3. The van der Waals surface area contributed by atoms with Crippen LogP contribution in [0, 0.1) is 11.3 Å². The summed E-state index contributed by atoms with van der Waals surface area (Å²) in [5, 5.41) is 92.3. The molecule has 34 nitrogen and oxygen atoms in total. The molecule has 1 aliphatic heterocycles. The molecule has 440 valence electrons.